The van der Waals surface area contributed by atoms with Gasteiger partial charge in [-0.1, -0.05) is 0 Å². The third-order valence-electron chi connectivity index (χ3n) is 0.100. The van der Waals surface area contributed by atoms with Crippen molar-refractivity contribution in [3.63, 3.8) is 0 Å². The fraction of sp³-hybridized carbons (Fsp3) is 0.500. The maximum absolute atomic E-state index is 7.39. The molecule has 0 rings (SSSR count). The van der Waals surface area contributed by atoms with E-state index in [4.69, 9.17) is 5.21 Å². The van der Waals surface area contributed by atoms with Gasteiger partial charge in [0.1, 0.15) is 0 Å². The zero-order chi connectivity index (χ0) is 3.41. The van der Waals surface area contributed by atoms with Gasteiger partial charge in [0.05, 0.1) is 0 Å². The molecule has 0 aliphatic carbocycles. The number of hydrogen-bond acceptors (Lipinski definition) is 2. The summed E-state index contributed by atoms with van der Waals surface area (Å²) in [5.74, 6) is 0. The molecule has 0 aromatic rings. The van der Waals surface area contributed by atoms with Crippen LogP contribution in [-0.2, 0) is 21.1 Å². The number of hydrogen-bond donors (Lipinski definition) is 1. The Labute approximate surface area is 45.1 Å². The van der Waals surface area contributed by atoms with Crippen LogP contribution in [0.3, 0.4) is 0 Å². The van der Waals surface area contributed by atoms with Crippen molar-refractivity contribution in [2.24, 2.45) is 5.16 Å². The molecule has 0 aliphatic heterocycles. The molecule has 0 atom stereocenters. The Kier molecular flexibility index (Phi) is 15.9. The molecule has 1 N–H and O–H groups in total. The summed E-state index contributed by atoms with van der Waals surface area (Å²) in [6.07, 6.45) is 2.11. The largest absolute Gasteiger partial charge is 0.447 e. The molecule has 0 heterocycles. The summed E-state index contributed by atoms with van der Waals surface area (Å²) in [6.45, 7) is 1.51. The Morgan fingerprint density at radius 3 is 2.00 bits per heavy atom. The van der Waals surface area contributed by atoms with Crippen molar-refractivity contribution in [1.29, 1.82) is 0 Å². The SMILES string of the molecule is C[C-]=NO.[W]. The van der Waals surface area contributed by atoms with Crippen molar-refractivity contribution in [3.8, 4) is 0 Å². The van der Waals surface area contributed by atoms with Crippen molar-refractivity contribution in [1.82, 2.24) is 0 Å². The van der Waals surface area contributed by atoms with Gasteiger partial charge in [-0.3, -0.25) is 0 Å². The van der Waals surface area contributed by atoms with Gasteiger partial charge >= 0.3 is 0 Å². The molecule has 5 heavy (non-hydrogen) atoms. The van der Waals surface area contributed by atoms with Gasteiger partial charge in [0.15, 0.2) is 0 Å². The molecule has 3 heteroatoms. The van der Waals surface area contributed by atoms with Crippen LogP contribution in [0.15, 0.2) is 5.16 Å². The van der Waals surface area contributed by atoms with E-state index < -0.39 is 0 Å². The fourth-order valence-electron chi connectivity index (χ4n) is 0. The van der Waals surface area contributed by atoms with E-state index in [9.17, 15) is 0 Å². The topological polar surface area (TPSA) is 32.6 Å². The first-order valence-corrected chi connectivity index (χ1v) is 0.924. The van der Waals surface area contributed by atoms with Gasteiger partial charge < -0.3 is 16.6 Å². The van der Waals surface area contributed by atoms with Gasteiger partial charge in [-0.25, -0.2) is 0 Å². The van der Waals surface area contributed by atoms with Gasteiger partial charge in [-0.15, -0.1) is 0 Å². The summed E-state index contributed by atoms with van der Waals surface area (Å²) in [4.78, 5) is 0. The van der Waals surface area contributed by atoms with Crippen LogP contribution in [0.4, 0.5) is 0 Å². The van der Waals surface area contributed by atoms with E-state index in [-0.39, 0.29) is 21.1 Å². The average Bonchev–Trinajstić information content (AvgIpc) is 1.37. The van der Waals surface area contributed by atoms with Crippen LogP contribution in [0.5, 0.6) is 0 Å². The number of rotatable bonds is 0. The van der Waals surface area contributed by atoms with Crippen LogP contribution in [-0.4, -0.2) is 11.4 Å². The molecule has 2 nitrogen and oxygen atoms in total. The molecule has 0 bridgehead atoms. The molecular weight excluding hydrogens is 238 g/mol. The summed E-state index contributed by atoms with van der Waals surface area (Å²) < 4.78 is 0. The minimum Gasteiger partial charge on any atom is -0.447 e. The van der Waals surface area contributed by atoms with Gasteiger partial charge in [-0.05, 0) is 0 Å². The second-order valence-electron chi connectivity index (χ2n) is 0.324. The summed E-state index contributed by atoms with van der Waals surface area (Å²) in [5, 5.41) is 9.88. The van der Waals surface area contributed by atoms with E-state index >= 15 is 0 Å². The minimum atomic E-state index is 0. The number of nitrogens with zero attached hydrogens (tertiary/aromatic N) is 1. The molecule has 0 unspecified atom stereocenters. The first-order chi connectivity index (χ1) is 1.91. The predicted molar refractivity (Wildman–Crippen MR) is 14.9 cm³/mol. The normalized spacial score (nSPS) is 7.40. The van der Waals surface area contributed by atoms with Crippen LogP contribution in [0.1, 0.15) is 6.92 Å². The maximum atomic E-state index is 7.39. The summed E-state index contributed by atoms with van der Waals surface area (Å²) >= 11 is 0. The van der Waals surface area contributed by atoms with E-state index in [2.05, 4.69) is 11.4 Å². The first-order valence-electron chi connectivity index (χ1n) is 0.924. The van der Waals surface area contributed by atoms with Crippen LogP contribution in [0.2, 0.25) is 0 Å². The van der Waals surface area contributed by atoms with E-state index in [0.29, 0.717) is 0 Å². The van der Waals surface area contributed by atoms with Crippen LogP contribution >= 0.6 is 0 Å². The molecule has 0 aliphatic rings. The fourth-order valence-corrected chi connectivity index (χ4v) is 0. The van der Waals surface area contributed by atoms with E-state index in [1.807, 2.05) is 0 Å². The van der Waals surface area contributed by atoms with Crippen LogP contribution in [0.25, 0.3) is 0 Å². The maximum Gasteiger partial charge on any atom is 0 e. The Balaban J connectivity index is 0. The Morgan fingerprint density at radius 1 is 1.80 bits per heavy atom. The third-order valence-corrected chi connectivity index (χ3v) is 0.100. The monoisotopic (exact) mass is 242 g/mol. The van der Waals surface area contributed by atoms with Gasteiger partial charge in [-0.2, -0.15) is 6.92 Å². The van der Waals surface area contributed by atoms with E-state index in [0.717, 1.165) is 0 Å². The first kappa shape index (κ1) is 8.94. The molecule has 0 fully saturated rings. The Bertz CT molecular complexity index is 24.8. The molecule has 0 spiro atoms. The van der Waals surface area contributed by atoms with Crippen LogP contribution < -0.4 is 0 Å². The standard InChI is InChI=1S/C2H4NO.W/c1-2-3-4;/h4H,1H3;/q-1;. The summed E-state index contributed by atoms with van der Waals surface area (Å²) in [7, 11) is 0. The Hall–Kier alpha value is 0.158. The predicted octanol–water partition coefficient (Wildman–Crippen LogP) is 0.341. The van der Waals surface area contributed by atoms with Crippen molar-refractivity contribution in [3.05, 3.63) is 0 Å². The third kappa shape index (κ3) is 14.4. The van der Waals surface area contributed by atoms with Crippen molar-refractivity contribution < 1.29 is 26.3 Å². The van der Waals surface area contributed by atoms with Crippen molar-refractivity contribution in [2.75, 3.05) is 0 Å². The molecule has 0 saturated heterocycles. The van der Waals surface area contributed by atoms with E-state index in [1.165, 1.54) is 6.92 Å². The smallest absolute Gasteiger partial charge is 0 e. The second-order valence-corrected chi connectivity index (χ2v) is 0.324. The van der Waals surface area contributed by atoms with Crippen molar-refractivity contribution in [2.45, 2.75) is 6.92 Å². The second kappa shape index (κ2) is 8.90. The average molecular weight is 242 g/mol. The van der Waals surface area contributed by atoms with Gasteiger partial charge in [0, 0.05) is 21.1 Å². The summed E-state index contributed by atoms with van der Waals surface area (Å²) in [6, 6.07) is 0. The van der Waals surface area contributed by atoms with Gasteiger partial charge in [0.2, 0.25) is 0 Å². The van der Waals surface area contributed by atoms with Crippen molar-refractivity contribution >= 4 is 6.21 Å². The molecule has 30 valence electrons. The molecule has 0 aromatic heterocycles. The zero-order valence-electron chi connectivity index (χ0n) is 2.80. The Morgan fingerprint density at radius 2 is 2.00 bits per heavy atom. The molecule has 0 radical (unpaired) electrons. The minimum absolute atomic E-state index is 0. The quantitative estimate of drug-likeness (QED) is 0.282. The molecule has 0 saturated carbocycles. The zero-order valence-corrected chi connectivity index (χ0v) is 5.74. The van der Waals surface area contributed by atoms with Gasteiger partial charge in [0.25, 0.3) is 0 Å². The van der Waals surface area contributed by atoms with Crippen LogP contribution in [0, 0.1) is 0 Å². The molecule has 0 amide bonds. The molecule has 0 aromatic carbocycles. The van der Waals surface area contributed by atoms with E-state index in [1.54, 1.807) is 0 Å². The molecular formula is C2H4NOW-. The summed E-state index contributed by atoms with van der Waals surface area (Å²) in [5.41, 5.74) is 0.